The van der Waals surface area contributed by atoms with E-state index in [1.165, 1.54) is 36.9 Å². The summed E-state index contributed by atoms with van der Waals surface area (Å²) < 4.78 is 11.6. The first-order valence-corrected chi connectivity index (χ1v) is 18.2. The highest BCUT2D eigenvalue weighted by Gasteiger charge is 2.32. The minimum Gasteiger partial charge on any atom is -0.494 e. The third kappa shape index (κ3) is 10.3. The van der Waals surface area contributed by atoms with Crippen LogP contribution in [0.1, 0.15) is 99.6 Å². The molecule has 0 radical (unpaired) electrons. The number of ketones is 1. The van der Waals surface area contributed by atoms with Gasteiger partial charge in [0.25, 0.3) is 11.8 Å². The molecule has 0 fully saturated rings. The predicted molar refractivity (Wildman–Crippen MR) is 211 cm³/mol. The Morgan fingerprint density at radius 1 is 0.784 bits per heavy atom. The molecule has 1 unspecified atom stereocenters. The van der Waals surface area contributed by atoms with Crippen LogP contribution >= 0.6 is 34.8 Å². The van der Waals surface area contributed by atoms with E-state index in [0.29, 0.717) is 17.9 Å². The molecule has 2 amide bonds. The fourth-order valence-electron chi connectivity index (χ4n) is 5.05. The Morgan fingerprint density at radius 3 is 1.92 bits per heavy atom. The number of benzene rings is 3. The highest BCUT2D eigenvalue weighted by Crippen LogP contribution is 2.40. The maximum atomic E-state index is 13.7. The smallest absolute Gasteiger partial charge is 0.278 e. The number of nitrogens with zero attached hydrogens (tertiary/aromatic N) is 1. The zero-order valence-corrected chi connectivity index (χ0v) is 33.7. The molecule has 0 bridgehead atoms. The topological polar surface area (TPSA) is 106 Å². The standard InChI is InChI=1S/C40H50Cl3N3O5/c1-12-31(51-32-18-15-23(39(7,8)13-2)19-26(32)40(9,10)14-3)36(48)45-24-16-17-27(41)30(22-24)46-37(49)33(35(47)38(4,5)6)44-25-20-28(42)34(50-11)29(43)21-25/h15-22,31H,12-14H2,1-11H3,(H,45,48)(H,46,49)/b44-33-. The monoisotopic (exact) mass is 757 g/mol. The summed E-state index contributed by atoms with van der Waals surface area (Å²) in [6.07, 6.45) is 1.47. The molecule has 1 atom stereocenters. The fraction of sp³-hybridized carbons (Fsp3) is 0.450. The number of ether oxygens (including phenoxy) is 2. The summed E-state index contributed by atoms with van der Waals surface area (Å²) in [5.74, 6) is -0.791. The van der Waals surface area contributed by atoms with E-state index in [1.807, 2.05) is 13.0 Å². The van der Waals surface area contributed by atoms with Crippen molar-refractivity contribution in [3.63, 3.8) is 0 Å². The lowest BCUT2D eigenvalue weighted by Gasteiger charge is -2.31. The number of hydrogen-bond acceptors (Lipinski definition) is 6. The number of rotatable bonds is 14. The van der Waals surface area contributed by atoms with Gasteiger partial charge in [0.1, 0.15) is 5.75 Å². The van der Waals surface area contributed by atoms with Crippen molar-refractivity contribution in [2.75, 3.05) is 17.7 Å². The van der Waals surface area contributed by atoms with Gasteiger partial charge < -0.3 is 20.1 Å². The Morgan fingerprint density at radius 2 is 1.39 bits per heavy atom. The number of hydrogen-bond donors (Lipinski definition) is 2. The van der Waals surface area contributed by atoms with Crippen LogP contribution in [0.5, 0.6) is 11.5 Å². The van der Waals surface area contributed by atoms with Crippen molar-refractivity contribution in [3.05, 3.63) is 74.7 Å². The van der Waals surface area contributed by atoms with Gasteiger partial charge in [0, 0.05) is 16.7 Å². The lowest BCUT2D eigenvalue weighted by Crippen LogP contribution is -2.37. The van der Waals surface area contributed by atoms with E-state index >= 15 is 0 Å². The average molecular weight is 759 g/mol. The van der Waals surface area contributed by atoms with Crippen molar-refractivity contribution in [1.82, 2.24) is 0 Å². The van der Waals surface area contributed by atoms with Crippen LogP contribution in [0.3, 0.4) is 0 Å². The highest BCUT2D eigenvalue weighted by molar-refractivity contribution is 6.68. The van der Waals surface area contributed by atoms with Gasteiger partial charge in [-0.05, 0) is 72.1 Å². The summed E-state index contributed by atoms with van der Waals surface area (Å²) in [6.45, 7) is 20.0. The second-order valence-corrected chi connectivity index (χ2v) is 16.0. The molecule has 0 aliphatic carbocycles. The number of nitrogens with one attached hydrogen (secondary N) is 2. The summed E-state index contributed by atoms with van der Waals surface area (Å²) in [4.78, 5) is 45.1. The Labute approximate surface area is 317 Å². The molecule has 51 heavy (non-hydrogen) atoms. The molecule has 0 saturated heterocycles. The van der Waals surface area contributed by atoms with Gasteiger partial charge in [0.15, 0.2) is 23.3 Å². The van der Waals surface area contributed by atoms with Crippen molar-refractivity contribution < 1.29 is 23.9 Å². The van der Waals surface area contributed by atoms with Crippen LogP contribution in [0.2, 0.25) is 15.1 Å². The normalized spacial score (nSPS) is 13.0. The van der Waals surface area contributed by atoms with Gasteiger partial charge in [-0.25, -0.2) is 4.99 Å². The maximum absolute atomic E-state index is 13.7. The number of aliphatic imine (C=N–C) groups is 1. The third-order valence-corrected chi connectivity index (χ3v) is 10.1. The fourth-order valence-corrected chi connectivity index (χ4v) is 5.85. The van der Waals surface area contributed by atoms with Gasteiger partial charge >= 0.3 is 0 Å². The van der Waals surface area contributed by atoms with Gasteiger partial charge in [0.05, 0.1) is 33.6 Å². The van der Waals surface area contributed by atoms with E-state index in [-0.39, 0.29) is 54.6 Å². The molecule has 11 heteroatoms. The molecule has 0 heterocycles. The number of amides is 2. The minimum absolute atomic E-state index is 0.00980. The Hall–Kier alpha value is -3.59. The van der Waals surface area contributed by atoms with Crippen LogP contribution in [-0.2, 0) is 25.2 Å². The first-order chi connectivity index (χ1) is 23.7. The maximum Gasteiger partial charge on any atom is 0.278 e. The molecule has 276 valence electrons. The van der Waals surface area contributed by atoms with Crippen LogP contribution in [0.15, 0.2) is 53.5 Å². The number of carbonyl (C=O) groups excluding carboxylic acids is 3. The lowest BCUT2D eigenvalue weighted by atomic mass is 9.76. The molecule has 0 aliphatic rings. The largest absolute Gasteiger partial charge is 0.494 e. The summed E-state index contributed by atoms with van der Waals surface area (Å²) >= 11 is 19.1. The number of methoxy groups -OCH3 is 1. The van der Waals surface area contributed by atoms with E-state index in [4.69, 9.17) is 44.3 Å². The van der Waals surface area contributed by atoms with E-state index in [0.717, 1.165) is 18.4 Å². The van der Waals surface area contributed by atoms with Crippen molar-refractivity contribution in [2.45, 2.75) is 105 Å². The van der Waals surface area contributed by atoms with E-state index < -0.39 is 23.2 Å². The van der Waals surface area contributed by atoms with Crippen LogP contribution in [0, 0.1) is 5.41 Å². The SMILES string of the molecule is CCC(Oc1ccc(C(C)(C)CC)cc1C(C)(C)CC)C(=O)Nc1ccc(Cl)c(NC(=O)/C(=N\c2cc(Cl)c(OC)c(Cl)c2)C(=O)C(C)(C)C)c1. The summed E-state index contributed by atoms with van der Waals surface area (Å²) in [5.41, 5.74) is 1.44. The summed E-state index contributed by atoms with van der Waals surface area (Å²) in [7, 11) is 1.42. The summed E-state index contributed by atoms with van der Waals surface area (Å²) in [5, 5.41) is 6.10. The molecular weight excluding hydrogens is 709 g/mol. The Balaban J connectivity index is 1.92. The van der Waals surface area contributed by atoms with E-state index in [1.54, 1.807) is 26.8 Å². The van der Waals surface area contributed by atoms with E-state index in [9.17, 15) is 14.4 Å². The molecule has 3 aromatic rings. The van der Waals surface area contributed by atoms with Gasteiger partial charge in [0.2, 0.25) is 0 Å². The number of anilines is 2. The van der Waals surface area contributed by atoms with Crippen molar-refractivity contribution in [1.29, 1.82) is 0 Å². The Kier molecular flexibility index (Phi) is 13.8. The van der Waals surface area contributed by atoms with Gasteiger partial charge in [-0.15, -0.1) is 0 Å². The molecular formula is C40H50Cl3N3O5. The zero-order valence-electron chi connectivity index (χ0n) is 31.4. The molecule has 0 saturated carbocycles. The average Bonchev–Trinajstić information content (AvgIpc) is 3.06. The number of Topliss-reactive ketones (excluding diaryl/α,β-unsaturated/α-hetero) is 1. The van der Waals surface area contributed by atoms with Gasteiger partial charge in [-0.3, -0.25) is 14.4 Å². The van der Waals surface area contributed by atoms with Crippen molar-refractivity contribution in [2.24, 2.45) is 10.4 Å². The molecule has 3 rings (SSSR count). The van der Waals surface area contributed by atoms with Crippen LogP contribution in [-0.4, -0.2) is 36.5 Å². The number of halogens is 3. The van der Waals surface area contributed by atoms with Crippen LogP contribution in [0.25, 0.3) is 0 Å². The lowest BCUT2D eigenvalue weighted by molar-refractivity contribution is -0.123. The summed E-state index contributed by atoms with van der Waals surface area (Å²) in [6, 6.07) is 13.8. The van der Waals surface area contributed by atoms with Crippen LogP contribution < -0.4 is 20.1 Å². The zero-order chi connectivity index (χ0) is 38.5. The van der Waals surface area contributed by atoms with Gasteiger partial charge in [-0.1, -0.05) is 116 Å². The quantitative estimate of drug-likeness (QED) is 0.126. The second-order valence-electron chi connectivity index (χ2n) is 14.8. The predicted octanol–water partition coefficient (Wildman–Crippen LogP) is 11.2. The molecule has 0 aromatic heterocycles. The molecule has 0 spiro atoms. The van der Waals surface area contributed by atoms with Gasteiger partial charge in [-0.2, -0.15) is 0 Å². The number of carbonyl (C=O) groups is 3. The van der Waals surface area contributed by atoms with E-state index in [2.05, 4.69) is 69.3 Å². The van der Waals surface area contributed by atoms with Crippen molar-refractivity contribution >= 4 is 75.2 Å². The van der Waals surface area contributed by atoms with Crippen LogP contribution in [0.4, 0.5) is 17.1 Å². The Bertz CT molecular complexity index is 1790. The molecule has 2 N–H and O–H groups in total. The first-order valence-electron chi connectivity index (χ1n) is 17.1. The second kappa shape index (κ2) is 16.8. The first kappa shape index (κ1) is 41.8. The third-order valence-electron chi connectivity index (χ3n) is 9.21. The minimum atomic E-state index is -0.955. The van der Waals surface area contributed by atoms with Crippen molar-refractivity contribution in [3.8, 4) is 11.5 Å². The highest BCUT2D eigenvalue weighted by atomic mass is 35.5. The molecule has 8 nitrogen and oxygen atoms in total. The molecule has 3 aromatic carbocycles. The molecule has 0 aliphatic heterocycles.